The van der Waals surface area contributed by atoms with Gasteiger partial charge < -0.3 is 0 Å². The molecule has 0 radical (unpaired) electrons. The molecule has 0 aromatic carbocycles. The molecule has 0 N–H and O–H groups in total. The SMILES string of the molecule is [N-]=[N+]=Nc1ccnnn1. The first-order chi connectivity index (χ1) is 4.43. The summed E-state index contributed by atoms with van der Waals surface area (Å²) in [6.07, 6.45) is 1.40. The van der Waals surface area contributed by atoms with Gasteiger partial charge in [-0.2, -0.15) is 0 Å². The number of nitrogens with zero attached hydrogens (tertiary/aromatic N) is 6. The van der Waals surface area contributed by atoms with Gasteiger partial charge in [-0.3, -0.25) is 0 Å². The summed E-state index contributed by atoms with van der Waals surface area (Å²) in [6, 6.07) is 1.46. The van der Waals surface area contributed by atoms with E-state index >= 15 is 0 Å². The lowest BCUT2D eigenvalue weighted by Crippen LogP contribution is -1.81. The summed E-state index contributed by atoms with van der Waals surface area (Å²) < 4.78 is 0. The number of aromatic nitrogens is 3. The van der Waals surface area contributed by atoms with Crippen LogP contribution in [0.1, 0.15) is 0 Å². The van der Waals surface area contributed by atoms with Crippen molar-refractivity contribution in [3.8, 4) is 0 Å². The average Bonchev–Trinajstić information content (AvgIpc) is 1.91. The molecule has 0 fully saturated rings. The molecular weight excluding hydrogens is 120 g/mol. The highest BCUT2D eigenvalue weighted by atomic mass is 15.3. The van der Waals surface area contributed by atoms with E-state index in [1.54, 1.807) is 0 Å². The van der Waals surface area contributed by atoms with Gasteiger partial charge in [-0.25, -0.2) is 0 Å². The van der Waals surface area contributed by atoms with Crippen LogP contribution in [0.3, 0.4) is 0 Å². The Labute approximate surface area is 50.2 Å². The fourth-order valence-corrected chi connectivity index (χ4v) is 0.334. The van der Waals surface area contributed by atoms with Gasteiger partial charge >= 0.3 is 0 Å². The molecule has 44 valence electrons. The van der Waals surface area contributed by atoms with Gasteiger partial charge in [-0.1, -0.05) is 0 Å². The monoisotopic (exact) mass is 122 g/mol. The zero-order valence-electron chi connectivity index (χ0n) is 4.34. The minimum atomic E-state index is 0.229. The predicted molar refractivity (Wildman–Crippen MR) is 28.6 cm³/mol. The predicted octanol–water partition coefficient (Wildman–Crippen LogP) is 0.813. The second-order valence-corrected chi connectivity index (χ2v) is 1.17. The van der Waals surface area contributed by atoms with Crippen molar-refractivity contribution in [2.24, 2.45) is 5.11 Å². The molecule has 0 aliphatic carbocycles. The maximum Gasteiger partial charge on any atom is 0.152 e. The Bertz CT molecular complexity index is 223. The Morgan fingerprint density at radius 2 is 2.56 bits per heavy atom. The molecule has 9 heavy (non-hydrogen) atoms. The average molecular weight is 122 g/mol. The molecule has 0 aliphatic heterocycles. The van der Waals surface area contributed by atoms with Crippen LogP contribution >= 0.6 is 0 Å². The van der Waals surface area contributed by atoms with E-state index in [9.17, 15) is 0 Å². The van der Waals surface area contributed by atoms with E-state index < -0.39 is 0 Å². The van der Waals surface area contributed by atoms with E-state index in [0.29, 0.717) is 0 Å². The third kappa shape index (κ3) is 1.36. The van der Waals surface area contributed by atoms with Gasteiger partial charge in [0.2, 0.25) is 0 Å². The van der Waals surface area contributed by atoms with Crippen LogP contribution in [0, 0.1) is 0 Å². The molecule has 6 heteroatoms. The lowest BCUT2D eigenvalue weighted by molar-refractivity contribution is 0.864. The van der Waals surface area contributed by atoms with Crippen LogP contribution in [0.5, 0.6) is 0 Å². The van der Waals surface area contributed by atoms with Crippen LogP contribution in [-0.4, -0.2) is 15.4 Å². The number of rotatable bonds is 1. The second kappa shape index (κ2) is 2.58. The molecule has 0 saturated carbocycles. The number of hydrogen-bond acceptors (Lipinski definition) is 4. The van der Waals surface area contributed by atoms with E-state index in [1.165, 1.54) is 12.3 Å². The van der Waals surface area contributed by atoms with Gasteiger partial charge in [-0.05, 0) is 21.9 Å². The van der Waals surface area contributed by atoms with Gasteiger partial charge in [0.25, 0.3) is 0 Å². The summed E-state index contributed by atoms with van der Waals surface area (Å²) in [6.45, 7) is 0. The molecule has 1 heterocycles. The van der Waals surface area contributed by atoms with Crippen LogP contribution in [0.25, 0.3) is 10.4 Å². The molecule has 0 amide bonds. The topological polar surface area (TPSA) is 87.4 Å². The van der Waals surface area contributed by atoms with Crippen molar-refractivity contribution in [2.75, 3.05) is 0 Å². The lowest BCUT2D eigenvalue weighted by atomic mass is 10.6. The molecule has 0 spiro atoms. The maximum absolute atomic E-state index is 7.89. The molecule has 1 aromatic rings. The molecule has 0 aliphatic rings. The highest BCUT2D eigenvalue weighted by Gasteiger charge is 1.83. The van der Waals surface area contributed by atoms with Crippen LogP contribution in [0.15, 0.2) is 17.4 Å². The molecule has 1 rings (SSSR count). The highest BCUT2D eigenvalue weighted by molar-refractivity contribution is 5.20. The molecule has 6 nitrogen and oxygen atoms in total. The van der Waals surface area contributed by atoms with Crippen molar-refractivity contribution < 1.29 is 0 Å². The molecule has 0 atom stereocenters. The van der Waals surface area contributed by atoms with Gasteiger partial charge in [0.05, 0.1) is 6.20 Å². The molecule has 0 bridgehead atoms. The normalized spacial score (nSPS) is 8.00. The van der Waals surface area contributed by atoms with E-state index in [-0.39, 0.29) is 5.82 Å². The van der Waals surface area contributed by atoms with Crippen molar-refractivity contribution in [3.05, 3.63) is 22.7 Å². The van der Waals surface area contributed by atoms with Crippen molar-refractivity contribution >= 4 is 5.82 Å². The third-order valence-corrected chi connectivity index (χ3v) is 0.636. The van der Waals surface area contributed by atoms with Gasteiger partial charge in [0.15, 0.2) is 5.82 Å². The van der Waals surface area contributed by atoms with E-state index in [4.69, 9.17) is 5.53 Å². The fourth-order valence-electron chi connectivity index (χ4n) is 0.334. The van der Waals surface area contributed by atoms with E-state index in [0.717, 1.165) is 0 Å². The number of hydrogen-bond donors (Lipinski definition) is 0. The zero-order valence-corrected chi connectivity index (χ0v) is 4.34. The molecule has 1 aromatic heterocycles. The van der Waals surface area contributed by atoms with E-state index in [2.05, 4.69) is 25.4 Å². The largest absolute Gasteiger partial charge is 0.152 e. The smallest absolute Gasteiger partial charge is 0.139 e. The van der Waals surface area contributed by atoms with Crippen molar-refractivity contribution in [1.82, 2.24) is 15.4 Å². The van der Waals surface area contributed by atoms with Crippen molar-refractivity contribution in [3.63, 3.8) is 0 Å². The lowest BCUT2D eigenvalue weighted by Gasteiger charge is -1.80. The fraction of sp³-hybridized carbons (Fsp3) is 0. The first-order valence-corrected chi connectivity index (χ1v) is 2.13. The van der Waals surface area contributed by atoms with Gasteiger partial charge in [0.1, 0.15) is 0 Å². The summed E-state index contributed by atoms with van der Waals surface area (Å²) >= 11 is 0. The van der Waals surface area contributed by atoms with Crippen LogP contribution in [0.2, 0.25) is 0 Å². The standard InChI is InChI=1S/C3H2N6/c4-8-6-3-1-2-5-9-7-3/h1-2H. The molecule has 0 unspecified atom stereocenters. The van der Waals surface area contributed by atoms with Crippen LogP contribution < -0.4 is 0 Å². The zero-order chi connectivity index (χ0) is 6.53. The maximum atomic E-state index is 7.89. The Kier molecular flexibility index (Phi) is 1.57. The summed E-state index contributed by atoms with van der Waals surface area (Å²) in [5, 5.41) is 13.2. The Hall–Kier alpha value is -1.68. The first-order valence-electron chi connectivity index (χ1n) is 2.13. The highest BCUT2D eigenvalue weighted by Crippen LogP contribution is 2.00. The Morgan fingerprint density at radius 3 is 3.11 bits per heavy atom. The Balaban J connectivity index is 2.97. The van der Waals surface area contributed by atoms with Crippen molar-refractivity contribution in [1.29, 1.82) is 0 Å². The van der Waals surface area contributed by atoms with Crippen LogP contribution in [-0.2, 0) is 0 Å². The minimum absolute atomic E-state index is 0.229. The van der Waals surface area contributed by atoms with Crippen molar-refractivity contribution in [2.45, 2.75) is 0 Å². The quantitative estimate of drug-likeness (QED) is 0.313. The summed E-state index contributed by atoms with van der Waals surface area (Å²) in [5.74, 6) is 0.229. The number of azide groups is 1. The third-order valence-electron chi connectivity index (χ3n) is 0.636. The molecule has 0 saturated heterocycles. The summed E-state index contributed by atoms with van der Waals surface area (Å²) in [4.78, 5) is 2.50. The van der Waals surface area contributed by atoms with E-state index in [1.807, 2.05) is 0 Å². The Morgan fingerprint density at radius 1 is 1.67 bits per heavy atom. The summed E-state index contributed by atoms with van der Waals surface area (Å²) in [7, 11) is 0. The minimum Gasteiger partial charge on any atom is -0.139 e. The first kappa shape index (κ1) is 5.46. The van der Waals surface area contributed by atoms with Crippen LogP contribution in [0.4, 0.5) is 5.82 Å². The summed E-state index contributed by atoms with van der Waals surface area (Å²) in [5.41, 5.74) is 7.89. The second-order valence-electron chi connectivity index (χ2n) is 1.17. The van der Waals surface area contributed by atoms with Gasteiger partial charge in [0, 0.05) is 4.91 Å². The van der Waals surface area contributed by atoms with Gasteiger partial charge in [-0.15, -0.1) is 10.2 Å². The molecular formula is C3H2N6.